The van der Waals surface area contributed by atoms with Crippen LogP contribution < -0.4 is 5.32 Å². The minimum absolute atomic E-state index is 0.795. The molecule has 1 heterocycles. The van der Waals surface area contributed by atoms with Gasteiger partial charge in [-0.2, -0.15) is 0 Å². The number of hydrogen-bond donors (Lipinski definition) is 1. The molecule has 0 aliphatic carbocycles. The smallest absolute Gasteiger partial charge is 0.0312 e. The maximum Gasteiger partial charge on any atom is 0.0312 e. The lowest BCUT2D eigenvalue weighted by Gasteiger charge is -2.03. The molecular formula is C12H19ClN2. The van der Waals surface area contributed by atoms with Gasteiger partial charge in [-0.15, -0.1) is 11.6 Å². The number of nitrogens with one attached hydrogen (secondary N) is 1. The van der Waals surface area contributed by atoms with Gasteiger partial charge in [0.05, 0.1) is 0 Å². The van der Waals surface area contributed by atoms with E-state index >= 15 is 0 Å². The maximum atomic E-state index is 5.60. The molecule has 15 heavy (non-hydrogen) atoms. The molecule has 0 aliphatic heterocycles. The quantitative estimate of drug-likeness (QED) is 0.545. The Bertz CT molecular complexity index is 239. The highest BCUT2D eigenvalue weighted by Gasteiger charge is 1.92. The van der Waals surface area contributed by atoms with E-state index in [1.54, 1.807) is 6.20 Å². The molecule has 0 atom stereocenters. The van der Waals surface area contributed by atoms with Crippen molar-refractivity contribution >= 4 is 11.6 Å². The summed E-state index contributed by atoms with van der Waals surface area (Å²) in [5.41, 5.74) is 1.25. The van der Waals surface area contributed by atoms with Gasteiger partial charge in [-0.1, -0.05) is 18.9 Å². The van der Waals surface area contributed by atoms with Crippen LogP contribution >= 0.6 is 11.6 Å². The van der Waals surface area contributed by atoms with Crippen molar-refractivity contribution in [2.24, 2.45) is 0 Å². The molecule has 1 rings (SSSR count). The molecular weight excluding hydrogens is 208 g/mol. The van der Waals surface area contributed by atoms with Crippen molar-refractivity contribution in [3.8, 4) is 0 Å². The highest BCUT2D eigenvalue weighted by molar-refractivity contribution is 6.17. The molecule has 1 aromatic rings. The number of rotatable bonds is 8. The van der Waals surface area contributed by atoms with Gasteiger partial charge in [-0.25, -0.2) is 0 Å². The van der Waals surface area contributed by atoms with Gasteiger partial charge in [-0.05, 0) is 31.0 Å². The van der Waals surface area contributed by atoms with E-state index in [1.165, 1.54) is 24.8 Å². The normalized spacial score (nSPS) is 10.5. The summed E-state index contributed by atoms with van der Waals surface area (Å²) in [6.07, 6.45) is 8.60. The number of nitrogens with zero attached hydrogens (tertiary/aromatic N) is 1. The Kier molecular flexibility index (Phi) is 7.22. The summed E-state index contributed by atoms with van der Waals surface area (Å²) in [5.74, 6) is 0.795. The van der Waals surface area contributed by atoms with Crippen molar-refractivity contribution < 1.29 is 0 Å². The molecule has 0 amide bonds. The van der Waals surface area contributed by atoms with Crippen LogP contribution in [0.15, 0.2) is 24.5 Å². The number of halogens is 1. The first-order valence-corrected chi connectivity index (χ1v) is 6.12. The van der Waals surface area contributed by atoms with Crippen LogP contribution in [-0.4, -0.2) is 17.4 Å². The van der Waals surface area contributed by atoms with Gasteiger partial charge in [0.15, 0.2) is 0 Å². The minimum atomic E-state index is 0.795. The average molecular weight is 227 g/mol. The van der Waals surface area contributed by atoms with Crippen molar-refractivity contribution in [3.05, 3.63) is 30.1 Å². The fourth-order valence-corrected chi connectivity index (χ4v) is 1.62. The number of unbranched alkanes of at least 4 members (excludes halogenated alkanes) is 3. The Morgan fingerprint density at radius 1 is 1.20 bits per heavy atom. The van der Waals surface area contributed by atoms with Crippen molar-refractivity contribution in [3.63, 3.8) is 0 Å². The van der Waals surface area contributed by atoms with Crippen LogP contribution in [0.25, 0.3) is 0 Å². The number of aromatic nitrogens is 1. The standard InChI is InChI=1S/C12H19ClN2/c13-7-3-1-2-4-8-14-10-12-6-5-9-15-11-12/h5-6,9,11,14H,1-4,7-8,10H2. The Balaban J connectivity index is 1.93. The topological polar surface area (TPSA) is 24.9 Å². The van der Waals surface area contributed by atoms with Gasteiger partial charge in [0.25, 0.3) is 0 Å². The van der Waals surface area contributed by atoms with E-state index in [4.69, 9.17) is 11.6 Å². The fraction of sp³-hybridized carbons (Fsp3) is 0.583. The van der Waals surface area contributed by atoms with Crippen molar-refractivity contribution in [2.45, 2.75) is 32.2 Å². The molecule has 3 heteroatoms. The predicted molar refractivity (Wildman–Crippen MR) is 65.1 cm³/mol. The van der Waals surface area contributed by atoms with E-state index in [-0.39, 0.29) is 0 Å². The molecule has 0 aliphatic rings. The second-order valence-corrected chi connectivity index (χ2v) is 4.02. The maximum absolute atomic E-state index is 5.60. The van der Waals surface area contributed by atoms with Gasteiger partial charge < -0.3 is 5.32 Å². The van der Waals surface area contributed by atoms with E-state index in [1.807, 2.05) is 12.3 Å². The summed E-state index contributed by atoms with van der Waals surface area (Å²) in [6.45, 7) is 2.00. The van der Waals surface area contributed by atoms with Gasteiger partial charge in [0.1, 0.15) is 0 Å². The monoisotopic (exact) mass is 226 g/mol. The van der Waals surface area contributed by atoms with Crippen LogP contribution in [0.2, 0.25) is 0 Å². The third-order valence-corrected chi connectivity index (χ3v) is 2.56. The van der Waals surface area contributed by atoms with Crippen LogP contribution in [0, 0.1) is 0 Å². The summed E-state index contributed by atoms with van der Waals surface area (Å²) < 4.78 is 0. The van der Waals surface area contributed by atoms with Gasteiger partial charge in [-0.3, -0.25) is 4.98 Å². The zero-order valence-corrected chi connectivity index (χ0v) is 9.84. The van der Waals surface area contributed by atoms with E-state index < -0.39 is 0 Å². The lowest BCUT2D eigenvalue weighted by atomic mass is 10.2. The molecule has 0 fully saturated rings. The molecule has 0 unspecified atom stereocenters. The third-order valence-electron chi connectivity index (χ3n) is 2.29. The van der Waals surface area contributed by atoms with Crippen LogP contribution in [0.1, 0.15) is 31.2 Å². The lowest BCUT2D eigenvalue weighted by molar-refractivity contribution is 0.598. The molecule has 0 radical (unpaired) electrons. The fourth-order valence-electron chi connectivity index (χ4n) is 1.43. The second kappa shape index (κ2) is 8.69. The van der Waals surface area contributed by atoms with Crippen LogP contribution in [-0.2, 0) is 6.54 Å². The van der Waals surface area contributed by atoms with E-state index in [0.29, 0.717) is 0 Å². The SMILES string of the molecule is ClCCCCCCNCc1cccnc1. The van der Waals surface area contributed by atoms with Crippen molar-refractivity contribution in [1.29, 1.82) is 0 Å². The van der Waals surface area contributed by atoms with Gasteiger partial charge in [0.2, 0.25) is 0 Å². The summed E-state index contributed by atoms with van der Waals surface area (Å²) in [4.78, 5) is 4.07. The zero-order chi connectivity index (χ0) is 10.8. The highest BCUT2D eigenvalue weighted by Crippen LogP contribution is 2.00. The Hall–Kier alpha value is -0.600. The third kappa shape index (κ3) is 6.47. The second-order valence-electron chi connectivity index (χ2n) is 3.64. The van der Waals surface area contributed by atoms with E-state index in [2.05, 4.69) is 16.4 Å². The van der Waals surface area contributed by atoms with Crippen LogP contribution in [0.3, 0.4) is 0 Å². The van der Waals surface area contributed by atoms with Gasteiger partial charge >= 0.3 is 0 Å². The average Bonchev–Trinajstić information content (AvgIpc) is 2.29. The molecule has 0 saturated heterocycles. The van der Waals surface area contributed by atoms with Crippen LogP contribution in [0.5, 0.6) is 0 Å². The molecule has 0 bridgehead atoms. The van der Waals surface area contributed by atoms with Crippen LogP contribution in [0.4, 0.5) is 0 Å². The first kappa shape index (κ1) is 12.5. The van der Waals surface area contributed by atoms with Crippen molar-refractivity contribution in [1.82, 2.24) is 10.3 Å². The molecule has 0 saturated carbocycles. The highest BCUT2D eigenvalue weighted by atomic mass is 35.5. The number of hydrogen-bond acceptors (Lipinski definition) is 2. The Labute approximate surface area is 97.1 Å². The van der Waals surface area contributed by atoms with E-state index in [9.17, 15) is 0 Å². The molecule has 2 nitrogen and oxygen atoms in total. The summed E-state index contributed by atoms with van der Waals surface area (Å²) in [7, 11) is 0. The Morgan fingerprint density at radius 3 is 2.80 bits per heavy atom. The Morgan fingerprint density at radius 2 is 2.07 bits per heavy atom. The summed E-state index contributed by atoms with van der Waals surface area (Å²) >= 11 is 5.60. The predicted octanol–water partition coefficient (Wildman–Crippen LogP) is 2.97. The number of alkyl halides is 1. The molecule has 0 spiro atoms. The largest absolute Gasteiger partial charge is 0.313 e. The zero-order valence-electron chi connectivity index (χ0n) is 9.08. The molecule has 1 aromatic heterocycles. The molecule has 84 valence electrons. The number of pyridine rings is 1. The van der Waals surface area contributed by atoms with E-state index in [0.717, 1.165) is 25.4 Å². The van der Waals surface area contributed by atoms with Gasteiger partial charge in [0, 0.05) is 24.8 Å². The minimum Gasteiger partial charge on any atom is -0.313 e. The summed E-state index contributed by atoms with van der Waals surface area (Å²) in [6, 6.07) is 4.06. The first-order valence-electron chi connectivity index (χ1n) is 5.59. The molecule has 1 N–H and O–H groups in total. The lowest BCUT2D eigenvalue weighted by Crippen LogP contribution is -2.14. The van der Waals surface area contributed by atoms with Crippen molar-refractivity contribution in [2.75, 3.05) is 12.4 Å². The first-order chi connectivity index (χ1) is 7.43. The summed E-state index contributed by atoms with van der Waals surface area (Å²) in [5, 5.41) is 3.41. The molecule has 0 aromatic carbocycles.